The molecule has 0 heterocycles. The highest BCUT2D eigenvalue weighted by Gasteiger charge is 2.19. The molecule has 0 aliphatic carbocycles. The predicted octanol–water partition coefficient (Wildman–Crippen LogP) is -1.49. The third-order valence-corrected chi connectivity index (χ3v) is 2.37. The minimum absolute atomic E-state index is 0.401. The Labute approximate surface area is 91.7 Å². The molecule has 7 nitrogen and oxygen atoms in total. The van der Waals surface area contributed by atoms with Gasteiger partial charge in [-0.05, 0) is 0 Å². The molecule has 0 rings (SSSR count). The molecular formula is C4H8N2O5S3. The van der Waals surface area contributed by atoms with Gasteiger partial charge in [-0.2, -0.15) is 8.42 Å². The Bertz CT molecular complexity index is 326. The zero-order valence-electron chi connectivity index (χ0n) is 6.74. The number of nitrogens with one attached hydrogen (secondary N) is 1. The first-order chi connectivity index (χ1) is 6.28. The maximum atomic E-state index is 10.9. The van der Waals surface area contributed by atoms with E-state index in [-0.39, 0.29) is 0 Å². The Morgan fingerprint density at radius 1 is 1.43 bits per heavy atom. The van der Waals surface area contributed by atoms with Crippen molar-refractivity contribution < 1.29 is 22.6 Å². The van der Waals surface area contributed by atoms with Gasteiger partial charge in [0.05, 0.1) is 5.75 Å². The maximum absolute atomic E-state index is 10.9. The van der Waals surface area contributed by atoms with E-state index in [0.717, 1.165) is 0 Å². The second-order valence-electron chi connectivity index (χ2n) is 2.16. The Balaban J connectivity index is 4.16. The molecule has 0 unspecified atom stereocenters. The topological polar surface area (TPSA) is 104 Å². The highest BCUT2D eigenvalue weighted by atomic mass is 32.2. The molecule has 0 atom stereocenters. The van der Waals surface area contributed by atoms with Gasteiger partial charge in [0.2, 0.25) is 0 Å². The number of hydrogen-bond donors (Lipinski definition) is 4. The number of nitrogens with zero attached hydrogens (tertiary/aromatic N) is 1. The standard InChI is InChI=1S/C4H8N2O5S3/c7-3(5-12)4(8)6(13)1-2-14(9,10)11/h12-13H,1-2H2,(H,5,7)(H,9,10,11). The summed E-state index contributed by atoms with van der Waals surface area (Å²) < 4.78 is 31.2. The molecule has 0 aromatic carbocycles. The lowest BCUT2D eigenvalue weighted by molar-refractivity contribution is -0.141. The monoisotopic (exact) mass is 260 g/mol. The third kappa shape index (κ3) is 5.32. The average Bonchev–Trinajstić information content (AvgIpc) is 2.10. The number of amides is 2. The highest BCUT2D eigenvalue weighted by molar-refractivity contribution is 7.85. The van der Waals surface area contributed by atoms with E-state index in [1.54, 1.807) is 4.72 Å². The fourth-order valence-electron chi connectivity index (χ4n) is 0.468. The number of carbonyl (C=O) groups excluding carboxylic acids is 2. The summed E-state index contributed by atoms with van der Waals surface area (Å²) in [5.41, 5.74) is 0. The summed E-state index contributed by atoms with van der Waals surface area (Å²) in [5, 5.41) is 0. The quantitative estimate of drug-likeness (QED) is 0.281. The van der Waals surface area contributed by atoms with E-state index in [1.807, 2.05) is 0 Å². The lowest BCUT2D eigenvalue weighted by Crippen LogP contribution is -2.37. The number of thiol groups is 2. The fourth-order valence-corrected chi connectivity index (χ4v) is 1.30. The van der Waals surface area contributed by atoms with Crippen LogP contribution in [0.4, 0.5) is 0 Å². The van der Waals surface area contributed by atoms with Gasteiger partial charge >= 0.3 is 11.8 Å². The first-order valence-electron chi connectivity index (χ1n) is 3.18. The largest absolute Gasteiger partial charge is 0.322 e. The smallest absolute Gasteiger partial charge is 0.294 e. The zero-order valence-corrected chi connectivity index (χ0v) is 9.35. The summed E-state index contributed by atoms with van der Waals surface area (Å²) >= 11 is 6.87. The number of carbonyl (C=O) groups is 2. The van der Waals surface area contributed by atoms with Crippen molar-refractivity contribution in [1.29, 1.82) is 0 Å². The van der Waals surface area contributed by atoms with Crippen LogP contribution in [0, 0.1) is 0 Å². The first kappa shape index (κ1) is 13.5. The Morgan fingerprint density at radius 2 is 1.93 bits per heavy atom. The van der Waals surface area contributed by atoms with Gasteiger partial charge in [-0.25, -0.2) is 0 Å². The van der Waals surface area contributed by atoms with Crippen molar-refractivity contribution in [1.82, 2.24) is 9.03 Å². The van der Waals surface area contributed by atoms with Gasteiger partial charge in [0, 0.05) is 6.54 Å². The van der Waals surface area contributed by atoms with Gasteiger partial charge in [-0.15, -0.1) is 0 Å². The van der Waals surface area contributed by atoms with Gasteiger partial charge in [-0.1, -0.05) is 25.6 Å². The van der Waals surface area contributed by atoms with Crippen molar-refractivity contribution in [2.45, 2.75) is 0 Å². The molecule has 0 fully saturated rings. The van der Waals surface area contributed by atoms with Crippen molar-refractivity contribution in [2.75, 3.05) is 12.3 Å². The molecule has 0 bridgehead atoms. The van der Waals surface area contributed by atoms with E-state index in [4.69, 9.17) is 4.55 Å². The summed E-state index contributed by atoms with van der Waals surface area (Å²) in [4.78, 5) is 21.5. The van der Waals surface area contributed by atoms with Crippen LogP contribution in [0.2, 0.25) is 0 Å². The fraction of sp³-hybridized carbons (Fsp3) is 0.500. The number of rotatable bonds is 3. The van der Waals surface area contributed by atoms with Crippen molar-refractivity contribution in [3.63, 3.8) is 0 Å². The molecule has 2 amide bonds. The summed E-state index contributed by atoms with van der Waals surface area (Å²) in [6, 6.07) is 0. The molecule has 0 aromatic rings. The molecule has 0 aliphatic heterocycles. The van der Waals surface area contributed by atoms with Crippen LogP contribution in [0.5, 0.6) is 0 Å². The zero-order chi connectivity index (χ0) is 11.4. The van der Waals surface area contributed by atoms with Crippen LogP contribution in [0.15, 0.2) is 0 Å². The molecule has 0 aromatic heterocycles. The van der Waals surface area contributed by atoms with Crippen molar-refractivity contribution in [2.24, 2.45) is 0 Å². The first-order valence-corrected chi connectivity index (χ1v) is 5.63. The van der Waals surface area contributed by atoms with Crippen LogP contribution in [-0.4, -0.2) is 41.4 Å². The molecule has 0 aliphatic rings. The van der Waals surface area contributed by atoms with Crippen molar-refractivity contribution in [3.8, 4) is 0 Å². The Hall–Kier alpha value is -0.450. The van der Waals surface area contributed by atoms with Crippen LogP contribution in [0.25, 0.3) is 0 Å². The van der Waals surface area contributed by atoms with Crippen LogP contribution in [0.1, 0.15) is 0 Å². The van der Waals surface area contributed by atoms with Crippen LogP contribution >= 0.6 is 25.6 Å². The van der Waals surface area contributed by atoms with Gasteiger partial charge in [0.25, 0.3) is 10.1 Å². The minimum atomic E-state index is -4.18. The van der Waals surface area contributed by atoms with Crippen molar-refractivity contribution in [3.05, 3.63) is 0 Å². The van der Waals surface area contributed by atoms with E-state index in [1.165, 1.54) is 0 Å². The Kier molecular flexibility index (Phi) is 5.26. The van der Waals surface area contributed by atoms with Gasteiger partial charge in [0.15, 0.2) is 0 Å². The molecule has 2 N–H and O–H groups in total. The summed E-state index contributed by atoms with van der Waals surface area (Å²) in [7, 11) is -4.18. The maximum Gasteiger partial charge on any atom is 0.322 e. The molecule has 82 valence electrons. The van der Waals surface area contributed by atoms with Crippen LogP contribution in [0.3, 0.4) is 0 Å². The SMILES string of the molecule is O=C(NS)C(=O)N(S)CCS(=O)(=O)O. The molecule has 0 radical (unpaired) electrons. The molecule has 0 saturated heterocycles. The second kappa shape index (κ2) is 5.44. The highest BCUT2D eigenvalue weighted by Crippen LogP contribution is 1.96. The molecular weight excluding hydrogens is 252 g/mol. The van der Waals surface area contributed by atoms with Crippen molar-refractivity contribution >= 4 is 47.6 Å². The number of hydrogen-bond acceptors (Lipinski definition) is 6. The van der Waals surface area contributed by atoms with E-state index in [9.17, 15) is 18.0 Å². The summed E-state index contributed by atoms with van der Waals surface area (Å²) in [6.45, 7) is -0.401. The summed E-state index contributed by atoms with van der Waals surface area (Å²) in [6.07, 6.45) is 0. The van der Waals surface area contributed by atoms with Gasteiger partial charge < -0.3 is 0 Å². The third-order valence-electron chi connectivity index (χ3n) is 1.09. The van der Waals surface area contributed by atoms with Gasteiger partial charge in [-0.3, -0.25) is 23.2 Å². The van der Waals surface area contributed by atoms with E-state index >= 15 is 0 Å². The molecule has 10 heteroatoms. The second-order valence-corrected chi connectivity index (χ2v) is 4.43. The van der Waals surface area contributed by atoms with Gasteiger partial charge in [0.1, 0.15) is 0 Å². The normalized spacial score (nSPS) is 10.8. The summed E-state index contributed by atoms with van der Waals surface area (Å²) in [5.74, 6) is -2.80. The lowest BCUT2D eigenvalue weighted by Gasteiger charge is -2.12. The van der Waals surface area contributed by atoms with Crippen LogP contribution < -0.4 is 4.72 Å². The lowest BCUT2D eigenvalue weighted by atomic mass is 10.5. The van der Waals surface area contributed by atoms with Crippen LogP contribution in [-0.2, 0) is 19.7 Å². The predicted molar refractivity (Wildman–Crippen MR) is 54.2 cm³/mol. The minimum Gasteiger partial charge on any atom is -0.294 e. The molecule has 14 heavy (non-hydrogen) atoms. The average molecular weight is 260 g/mol. The van der Waals surface area contributed by atoms with E-state index < -0.39 is 34.2 Å². The molecule has 0 spiro atoms. The molecule has 0 saturated carbocycles. The van der Waals surface area contributed by atoms with E-state index in [2.05, 4.69) is 25.6 Å². The van der Waals surface area contributed by atoms with E-state index in [0.29, 0.717) is 4.31 Å². The Morgan fingerprint density at radius 3 is 2.29 bits per heavy atom.